The summed E-state index contributed by atoms with van der Waals surface area (Å²) in [6.07, 6.45) is 1.93. The van der Waals surface area contributed by atoms with Crippen LogP contribution in [-0.4, -0.2) is 18.6 Å². The molecule has 1 aromatic heterocycles. The summed E-state index contributed by atoms with van der Waals surface area (Å²) in [4.78, 5) is 4.00. The predicted molar refractivity (Wildman–Crippen MR) is 64.2 cm³/mol. The van der Waals surface area contributed by atoms with Crippen LogP contribution >= 0.6 is 0 Å². The number of halogens is 2. The van der Waals surface area contributed by atoms with Gasteiger partial charge in [-0.25, -0.2) is 13.8 Å². The van der Waals surface area contributed by atoms with Gasteiger partial charge in [0.15, 0.2) is 11.7 Å². The van der Waals surface area contributed by atoms with Crippen molar-refractivity contribution in [1.82, 2.24) is 10.3 Å². The molecule has 0 atom stereocenters. The number of oxazole rings is 1. The number of hydrogen-bond donors (Lipinski definition) is 1. The SMILES string of the molecule is CNCCc1ncc(-c2c(F)ccc(C)c2F)o1. The summed E-state index contributed by atoms with van der Waals surface area (Å²) in [6, 6.07) is 2.62. The summed E-state index contributed by atoms with van der Waals surface area (Å²) in [5.74, 6) is -0.666. The molecule has 0 aliphatic rings. The van der Waals surface area contributed by atoms with Crippen LogP contribution in [-0.2, 0) is 6.42 Å². The van der Waals surface area contributed by atoms with Crippen molar-refractivity contribution >= 4 is 0 Å². The van der Waals surface area contributed by atoms with E-state index >= 15 is 0 Å². The number of hydrogen-bond acceptors (Lipinski definition) is 3. The molecule has 0 saturated carbocycles. The highest BCUT2D eigenvalue weighted by Crippen LogP contribution is 2.28. The van der Waals surface area contributed by atoms with Crippen molar-refractivity contribution in [2.75, 3.05) is 13.6 Å². The summed E-state index contributed by atoms with van der Waals surface area (Å²) < 4.78 is 32.9. The number of benzene rings is 1. The summed E-state index contributed by atoms with van der Waals surface area (Å²) in [5.41, 5.74) is 0.220. The second kappa shape index (κ2) is 5.27. The van der Waals surface area contributed by atoms with E-state index in [9.17, 15) is 8.78 Å². The minimum Gasteiger partial charge on any atom is -0.440 e. The highest BCUT2D eigenvalue weighted by Gasteiger charge is 2.17. The lowest BCUT2D eigenvalue weighted by Gasteiger charge is -2.03. The predicted octanol–water partition coefficient (Wildman–Crippen LogP) is 2.69. The van der Waals surface area contributed by atoms with Crippen molar-refractivity contribution in [3.05, 3.63) is 41.4 Å². The molecule has 3 nitrogen and oxygen atoms in total. The lowest BCUT2D eigenvalue weighted by molar-refractivity contribution is 0.491. The monoisotopic (exact) mass is 252 g/mol. The summed E-state index contributed by atoms with van der Waals surface area (Å²) in [7, 11) is 1.81. The van der Waals surface area contributed by atoms with Gasteiger partial charge in [0.1, 0.15) is 11.6 Å². The molecule has 0 unspecified atom stereocenters. The zero-order valence-corrected chi connectivity index (χ0v) is 10.3. The molecule has 0 bridgehead atoms. The maximum atomic E-state index is 13.9. The third-order valence-corrected chi connectivity index (χ3v) is 2.67. The Labute approximate surface area is 104 Å². The molecule has 96 valence electrons. The average Bonchev–Trinajstić information content (AvgIpc) is 2.80. The van der Waals surface area contributed by atoms with E-state index in [4.69, 9.17) is 4.42 Å². The molecule has 0 amide bonds. The first-order valence-electron chi connectivity index (χ1n) is 5.67. The Bertz CT molecular complexity index is 552. The molecule has 0 radical (unpaired) electrons. The first-order valence-corrected chi connectivity index (χ1v) is 5.67. The van der Waals surface area contributed by atoms with Crippen molar-refractivity contribution in [3.63, 3.8) is 0 Å². The first kappa shape index (κ1) is 12.7. The van der Waals surface area contributed by atoms with Crippen LogP contribution in [0.25, 0.3) is 11.3 Å². The third-order valence-electron chi connectivity index (χ3n) is 2.67. The van der Waals surface area contributed by atoms with Crippen molar-refractivity contribution in [2.24, 2.45) is 0 Å². The van der Waals surface area contributed by atoms with E-state index in [-0.39, 0.29) is 11.3 Å². The van der Waals surface area contributed by atoms with Gasteiger partial charge in [-0.3, -0.25) is 0 Å². The molecule has 1 aromatic carbocycles. The van der Waals surface area contributed by atoms with Crippen molar-refractivity contribution in [1.29, 1.82) is 0 Å². The Balaban J connectivity index is 2.37. The highest BCUT2D eigenvalue weighted by molar-refractivity contribution is 5.59. The minimum atomic E-state index is -0.644. The maximum absolute atomic E-state index is 13.9. The van der Waals surface area contributed by atoms with Gasteiger partial charge >= 0.3 is 0 Å². The molecule has 5 heteroatoms. The zero-order valence-electron chi connectivity index (χ0n) is 10.3. The van der Waals surface area contributed by atoms with Gasteiger partial charge in [-0.15, -0.1) is 0 Å². The van der Waals surface area contributed by atoms with Gasteiger partial charge in [0.05, 0.1) is 11.8 Å². The molecule has 1 heterocycles. The van der Waals surface area contributed by atoms with Gasteiger partial charge in [-0.2, -0.15) is 0 Å². The Hall–Kier alpha value is -1.75. The molecule has 0 saturated heterocycles. The number of likely N-dealkylation sites (N-methyl/N-ethyl adjacent to an activating group) is 1. The largest absolute Gasteiger partial charge is 0.440 e. The van der Waals surface area contributed by atoms with Gasteiger partial charge in [0, 0.05) is 13.0 Å². The smallest absolute Gasteiger partial charge is 0.196 e. The number of rotatable bonds is 4. The Morgan fingerprint density at radius 2 is 2.11 bits per heavy atom. The second-order valence-electron chi connectivity index (χ2n) is 4.03. The van der Waals surface area contributed by atoms with Crippen molar-refractivity contribution < 1.29 is 13.2 Å². The van der Waals surface area contributed by atoms with Crippen LogP contribution in [0, 0.1) is 18.6 Å². The van der Waals surface area contributed by atoms with Gasteiger partial charge in [-0.1, -0.05) is 6.07 Å². The molecular weight excluding hydrogens is 238 g/mol. The fourth-order valence-electron chi connectivity index (χ4n) is 1.66. The highest BCUT2D eigenvalue weighted by atomic mass is 19.1. The molecule has 0 spiro atoms. The van der Waals surface area contributed by atoms with Crippen LogP contribution in [0.4, 0.5) is 8.78 Å². The van der Waals surface area contributed by atoms with Crippen LogP contribution in [0.3, 0.4) is 0 Å². The van der Waals surface area contributed by atoms with E-state index in [2.05, 4.69) is 10.3 Å². The molecule has 0 fully saturated rings. The molecule has 0 aliphatic carbocycles. The Morgan fingerprint density at radius 3 is 2.83 bits per heavy atom. The van der Waals surface area contributed by atoms with Crippen LogP contribution in [0.2, 0.25) is 0 Å². The fourth-order valence-corrected chi connectivity index (χ4v) is 1.66. The topological polar surface area (TPSA) is 38.1 Å². The van der Waals surface area contributed by atoms with Crippen LogP contribution in [0.5, 0.6) is 0 Å². The van der Waals surface area contributed by atoms with Crippen LogP contribution in [0.15, 0.2) is 22.7 Å². The van der Waals surface area contributed by atoms with E-state index in [0.29, 0.717) is 24.4 Å². The van der Waals surface area contributed by atoms with E-state index in [1.54, 1.807) is 6.92 Å². The average molecular weight is 252 g/mol. The van der Waals surface area contributed by atoms with E-state index < -0.39 is 11.6 Å². The zero-order chi connectivity index (χ0) is 13.1. The molecule has 18 heavy (non-hydrogen) atoms. The molecule has 1 N–H and O–H groups in total. The van der Waals surface area contributed by atoms with Crippen molar-refractivity contribution in [3.8, 4) is 11.3 Å². The number of aryl methyl sites for hydroxylation is 1. The summed E-state index contributed by atoms with van der Waals surface area (Å²) >= 11 is 0. The van der Waals surface area contributed by atoms with E-state index in [1.165, 1.54) is 18.3 Å². The van der Waals surface area contributed by atoms with E-state index in [1.807, 2.05) is 7.05 Å². The minimum absolute atomic E-state index is 0.125. The van der Waals surface area contributed by atoms with E-state index in [0.717, 1.165) is 0 Å². The lowest BCUT2D eigenvalue weighted by Crippen LogP contribution is -2.10. The maximum Gasteiger partial charge on any atom is 0.196 e. The molecular formula is C13H14F2N2O. The standard InChI is InChI=1S/C13H14F2N2O/c1-8-3-4-9(14)12(13(8)15)10-7-17-11(18-10)5-6-16-2/h3-4,7,16H,5-6H2,1-2H3. The quantitative estimate of drug-likeness (QED) is 0.909. The van der Waals surface area contributed by atoms with Gasteiger partial charge in [-0.05, 0) is 25.6 Å². The first-order chi connectivity index (χ1) is 8.63. The molecule has 0 aliphatic heterocycles. The van der Waals surface area contributed by atoms with Crippen LogP contribution < -0.4 is 5.32 Å². The number of aromatic nitrogens is 1. The second-order valence-corrected chi connectivity index (χ2v) is 4.03. The molecule has 2 aromatic rings. The third kappa shape index (κ3) is 2.41. The summed E-state index contributed by atoms with van der Waals surface area (Å²) in [5, 5.41) is 2.95. The van der Waals surface area contributed by atoms with Crippen molar-refractivity contribution in [2.45, 2.75) is 13.3 Å². The van der Waals surface area contributed by atoms with Gasteiger partial charge < -0.3 is 9.73 Å². The lowest BCUT2D eigenvalue weighted by atomic mass is 10.1. The van der Waals surface area contributed by atoms with Crippen LogP contribution in [0.1, 0.15) is 11.5 Å². The van der Waals surface area contributed by atoms with Gasteiger partial charge in [0.2, 0.25) is 0 Å². The normalized spacial score (nSPS) is 10.9. The summed E-state index contributed by atoms with van der Waals surface area (Å²) in [6.45, 7) is 2.27. The Morgan fingerprint density at radius 1 is 1.33 bits per heavy atom. The van der Waals surface area contributed by atoms with Gasteiger partial charge in [0.25, 0.3) is 0 Å². The number of nitrogens with zero attached hydrogens (tertiary/aromatic N) is 1. The fraction of sp³-hybridized carbons (Fsp3) is 0.308. The number of nitrogens with one attached hydrogen (secondary N) is 1. The Kier molecular flexibility index (Phi) is 3.72. The molecule has 2 rings (SSSR count).